The number of hydrogen-bond acceptors (Lipinski definition) is 3. The van der Waals surface area contributed by atoms with E-state index in [-0.39, 0.29) is 0 Å². The normalized spacial score (nSPS) is 10.1. The molecule has 0 heterocycles. The molecule has 0 aliphatic rings. The van der Waals surface area contributed by atoms with Crippen LogP contribution in [-0.4, -0.2) is 5.54 Å². The minimum absolute atomic E-state index is 0.661. The Kier molecular flexibility index (Phi) is 2.88. The van der Waals surface area contributed by atoms with Gasteiger partial charge in [0.05, 0.1) is 0 Å². The summed E-state index contributed by atoms with van der Waals surface area (Å²) in [4.78, 5) is 10.3. The van der Waals surface area contributed by atoms with Gasteiger partial charge in [-0.05, 0) is 32.0 Å². The van der Waals surface area contributed by atoms with Crippen LogP contribution in [0.3, 0.4) is 0 Å². The van der Waals surface area contributed by atoms with E-state index < -0.39 is 5.54 Å². The molecule has 14 heavy (non-hydrogen) atoms. The Hall–Kier alpha value is -1.82. The van der Waals surface area contributed by atoms with Crippen LogP contribution in [0, 0.1) is 16.7 Å². The SMILES string of the molecule is CC(C)(C#Cc1cccc(N)c1)N=O. The Balaban J connectivity index is 2.93. The number of nitrogen functional groups attached to an aromatic ring is 1. The van der Waals surface area contributed by atoms with Crippen molar-refractivity contribution in [1.82, 2.24) is 0 Å². The Morgan fingerprint density at radius 1 is 1.43 bits per heavy atom. The van der Waals surface area contributed by atoms with Gasteiger partial charge in [0.15, 0.2) is 5.54 Å². The molecule has 0 saturated carbocycles. The highest BCUT2D eigenvalue weighted by atomic mass is 16.3. The van der Waals surface area contributed by atoms with Gasteiger partial charge < -0.3 is 5.73 Å². The Labute approximate surface area is 83.3 Å². The van der Waals surface area contributed by atoms with E-state index in [1.54, 1.807) is 26.0 Å². The molecule has 0 fully saturated rings. The van der Waals surface area contributed by atoms with E-state index in [0.29, 0.717) is 5.69 Å². The van der Waals surface area contributed by atoms with Crippen LogP contribution in [0.1, 0.15) is 19.4 Å². The van der Waals surface area contributed by atoms with Crippen LogP contribution in [-0.2, 0) is 0 Å². The smallest absolute Gasteiger partial charge is 0.157 e. The number of nitroso groups, excluding NO2 is 1. The average Bonchev–Trinajstić information content (AvgIpc) is 2.15. The Morgan fingerprint density at radius 2 is 2.14 bits per heavy atom. The van der Waals surface area contributed by atoms with Gasteiger partial charge in [-0.1, -0.05) is 23.1 Å². The molecule has 1 rings (SSSR count). The van der Waals surface area contributed by atoms with E-state index in [1.807, 2.05) is 12.1 Å². The van der Waals surface area contributed by atoms with Crippen LogP contribution >= 0.6 is 0 Å². The van der Waals surface area contributed by atoms with Crippen LogP contribution in [0.4, 0.5) is 5.69 Å². The molecule has 0 aromatic heterocycles. The summed E-state index contributed by atoms with van der Waals surface area (Å²) in [5.74, 6) is 5.62. The van der Waals surface area contributed by atoms with Crippen LogP contribution in [0.25, 0.3) is 0 Å². The molecule has 3 heteroatoms. The maximum Gasteiger partial charge on any atom is 0.157 e. The van der Waals surface area contributed by atoms with Crippen molar-refractivity contribution in [2.45, 2.75) is 19.4 Å². The largest absolute Gasteiger partial charge is 0.399 e. The van der Waals surface area contributed by atoms with Gasteiger partial charge in [0.1, 0.15) is 0 Å². The summed E-state index contributed by atoms with van der Waals surface area (Å²) in [5.41, 5.74) is 6.19. The van der Waals surface area contributed by atoms with Crippen LogP contribution in [0.15, 0.2) is 29.4 Å². The topological polar surface area (TPSA) is 55.4 Å². The lowest BCUT2D eigenvalue weighted by molar-refractivity contribution is 0.677. The average molecular weight is 188 g/mol. The maximum atomic E-state index is 10.3. The summed E-state index contributed by atoms with van der Waals surface area (Å²) < 4.78 is 0. The Morgan fingerprint density at radius 3 is 2.71 bits per heavy atom. The molecule has 0 atom stereocenters. The summed E-state index contributed by atoms with van der Waals surface area (Å²) in [6.45, 7) is 3.33. The fraction of sp³-hybridized carbons (Fsp3) is 0.273. The summed E-state index contributed by atoms with van der Waals surface area (Å²) in [6, 6.07) is 7.20. The van der Waals surface area contributed by atoms with Crippen molar-refractivity contribution in [3.63, 3.8) is 0 Å². The number of nitrogens with zero attached hydrogens (tertiary/aromatic N) is 1. The van der Waals surface area contributed by atoms with E-state index in [1.165, 1.54) is 0 Å². The molecule has 0 aliphatic heterocycles. The second-order valence-corrected chi connectivity index (χ2v) is 3.53. The molecule has 2 N–H and O–H groups in total. The molecular formula is C11H12N2O. The molecule has 0 saturated heterocycles. The molecule has 0 bridgehead atoms. The molecule has 1 aromatic rings. The van der Waals surface area contributed by atoms with Gasteiger partial charge >= 0.3 is 0 Å². The minimum Gasteiger partial charge on any atom is -0.399 e. The van der Waals surface area contributed by atoms with Gasteiger partial charge in [0.2, 0.25) is 0 Å². The fourth-order valence-electron chi connectivity index (χ4n) is 0.864. The first-order valence-corrected chi connectivity index (χ1v) is 4.27. The highest BCUT2D eigenvalue weighted by molar-refractivity contribution is 5.47. The third kappa shape index (κ3) is 2.91. The van der Waals surface area contributed by atoms with E-state index >= 15 is 0 Å². The number of benzene rings is 1. The molecule has 72 valence electrons. The maximum absolute atomic E-state index is 10.3. The second-order valence-electron chi connectivity index (χ2n) is 3.53. The van der Waals surface area contributed by atoms with Crippen molar-refractivity contribution < 1.29 is 0 Å². The lowest BCUT2D eigenvalue weighted by atomic mass is 10.1. The zero-order valence-corrected chi connectivity index (χ0v) is 8.24. The highest BCUT2D eigenvalue weighted by Gasteiger charge is 2.12. The van der Waals surface area contributed by atoms with Crippen LogP contribution < -0.4 is 5.73 Å². The van der Waals surface area contributed by atoms with Gasteiger partial charge in [-0.3, -0.25) is 0 Å². The van der Waals surface area contributed by atoms with Gasteiger partial charge in [-0.25, -0.2) is 0 Å². The summed E-state index contributed by atoms with van der Waals surface area (Å²) >= 11 is 0. The molecule has 0 aliphatic carbocycles. The first-order valence-electron chi connectivity index (χ1n) is 4.27. The highest BCUT2D eigenvalue weighted by Crippen LogP contribution is 2.08. The summed E-state index contributed by atoms with van der Waals surface area (Å²) in [6.07, 6.45) is 0. The number of hydrogen-bond donors (Lipinski definition) is 1. The van der Waals surface area contributed by atoms with Crippen molar-refractivity contribution in [1.29, 1.82) is 0 Å². The Bertz CT molecular complexity index is 399. The van der Waals surface area contributed by atoms with Crippen molar-refractivity contribution in [2.24, 2.45) is 5.18 Å². The molecule has 0 radical (unpaired) electrons. The molecule has 0 unspecified atom stereocenters. The predicted octanol–water partition coefficient (Wildman–Crippen LogP) is 2.17. The first-order chi connectivity index (χ1) is 6.53. The zero-order valence-electron chi connectivity index (χ0n) is 8.24. The van der Waals surface area contributed by atoms with Gasteiger partial charge in [-0.15, -0.1) is 4.91 Å². The van der Waals surface area contributed by atoms with E-state index in [4.69, 9.17) is 5.73 Å². The number of rotatable bonds is 1. The van der Waals surface area contributed by atoms with Crippen molar-refractivity contribution >= 4 is 5.69 Å². The monoisotopic (exact) mass is 188 g/mol. The van der Waals surface area contributed by atoms with Crippen molar-refractivity contribution in [2.75, 3.05) is 5.73 Å². The van der Waals surface area contributed by atoms with E-state index in [9.17, 15) is 4.91 Å². The third-order valence-corrected chi connectivity index (χ3v) is 1.63. The predicted molar refractivity (Wildman–Crippen MR) is 57.6 cm³/mol. The zero-order chi connectivity index (χ0) is 10.6. The van der Waals surface area contributed by atoms with Gasteiger partial charge in [-0.2, -0.15) is 0 Å². The van der Waals surface area contributed by atoms with Crippen molar-refractivity contribution in [3.8, 4) is 11.8 Å². The van der Waals surface area contributed by atoms with Crippen molar-refractivity contribution in [3.05, 3.63) is 34.7 Å². The van der Waals surface area contributed by atoms with Crippen LogP contribution in [0.5, 0.6) is 0 Å². The van der Waals surface area contributed by atoms with E-state index in [0.717, 1.165) is 5.56 Å². The molecule has 0 spiro atoms. The standard InChI is InChI=1S/C11H12N2O/c1-11(2,13-14)7-6-9-4-3-5-10(12)8-9/h3-5,8H,12H2,1-2H3. The van der Waals surface area contributed by atoms with Crippen LogP contribution in [0.2, 0.25) is 0 Å². The summed E-state index contributed by atoms with van der Waals surface area (Å²) in [5, 5.41) is 2.90. The lowest BCUT2D eigenvalue weighted by Gasteiger charge is -2.03. The summed E-state index contributed by atoms with van der Waals surface area (Å²) in [7, 11) is 0. The minimum atomic E-state index is -0.843. The third-order valence-electron chi connectivity index (χ3n) is 1.63. The number of nitrogens with two attached hydrogens (primary N) is 1. The quantitative estimate of drug-likeness (QED) is 0.417. The fourth-order valence-corrected chi connectivity index (χ4v) is 0.864. The number of anilines is 1. The molecular weight excluding hydrogens is 176 g/mol. The molecule has 3 nitrogen and oxygen atoms in total. The van der Waals surface area contributed by atoms with E-state index in [2.05, 4.69) is 17.0 Å². The lowest BCUT2D eigenvalue weighted by Crippen LogP contribution is -2.11. The van der Waals surface area contributed by atoms with Gasteiger partial charge in [0, 0.05) is 11.3 Å². The van der Waals surface area contributed by atoms with Gasteiger partial charge in [0.25, 0.3) is 0 Å². The second kappa shape index (κ2) is 3.93. The first kappa shape index (κ1) is 10.3. The molecule has 1 aromatic carbocycles. The molecule has 0 amide bonds.